The molecule has 0 saturated carbocycles. The van der Waals surface area contributed by atoms with E-state index in [-0.39, 0.29) is 18.3 Å². The Kier molecular flexibility index (Phi) is 7.47. The van der Waals surface area contributed by atoms with Crippen LogP contribution in [0.25, 0.3) is 10.8 Å². The Hall–Kier alpha value is -2.68. The summed E-state index contributed by atoms with van der Waals surface area (Å²) >= 11 is 0. The second-order valence-corrected chi connectivity index (χ2v) is 10.5. The van der Waals surface area contributed by atoms with Crippen LogP contribution in [0, 0.1) is 0 Å². The van der Waals surface area contributed by atoms with Gasteiger partial charge in [-0.1, -0.05) is 42.5 Å². The number of furan rings is 1. The van der Waals surface area contributed by atoms with Crippen LogP contribution in [0.15, 0.2) is 59.0 Å². The molecule has 4 rings (SSSR count). The van der Waals surface area contributed by atoms with E-state index in [0.717, 1.165) is 35.1 Å². The van der Waals surface area contributed by atoms with Gasteiger partial charge in [-0.2, -0.15) is 0 Å². The Morgan fingerprint density at radius 2 is 1.76 bits per heavy atom. The van der Waals surface area contributed by atoms with Gasteiger partial charge in [-0.15, -0.1) is 0 Å². The van der Waals surface area contributed by atoms with E-state index in [1.165, 1.54) is 6.92 Å². The van der Waals surface area contributed by atoms with Crippen LogP contribution in [0.2, 0.25) is 0 Å². The molecule has 3 aromatic rings. The standard InChI is InChI=1S/C25H30N2O5S/c1-20(28)31-19-24-11-10-23(32-24)18-26-13-5-14-27(16-15-26)33(29,30)17-12-22-8-4-7-21-6-2-3-9-25(21)22/h2-4,6-11H,5,12-19H2,1H3. The number of sulfonamides is 1. The number of rotatable bonds is 8. The molecule has 1 aliphatic heterocycles. The normalized spacial score (nSPS) is 16.0. The topological polar surface area (TPSA) is 80.1 Å². The SMILES string of the molecule is CC(=O)OCc1ccc(CN2CCCN(S(=O)(=O)CCc3cccc4ccccc34)CC2)o1. The Morgan fingerprint density at radius 3 is 2.61 bits per heavy atom. The van der Waals surface area contributed by atoms with Gasteiger partial charge in [-0.05, 0) is 47.9 Å². The first-order chi connectivity index (χ1) is 15.9. The third-order valence-corrected chi connectivity index (χ3v) is 7.84. The molecule has 0 radical (unpaired) electrons. The summed E-state index contributed by atoms with van der Waals surface area (Å²) < 4.78 is 38.5. The van der Waals surface area contributed by atoms with Crippen LogP contribution < -0.4 is 0 Å². The van der Waals surface area contributed by atoms with E-state index < -0.39 is 10.0 Å². The monoisotopic (exact) mass is 470 g/mol. The highest BCUT2D eigenvalue weighted by molar-refractivity contribution is 7.89. The molecule has 1 aromatic heterocycles. The minimum atomic E-state index is -3.35. The molecule has 1 fully saturated rings. The lowest BCUT2D eigenvalue weighted by molar-refractivity contribution is -0.142. The molecular weight excluding hydrogens is 440 g/mol. The van der Waals surface area contributed by atoms with E-state index in [4.69, 9.17) is 9.15 Å². The summed E-state index contributed by atoms with van der Waals surface area (Å²) in [6, 6.07) is 17.8. The number of fused-ring (bicyclic) bond motifs is 1. The molecule has 176 valence electrons. The van der Waals surface area contributed by atoms with Gasteiger partial charge in [-0.25, -0.2) is 12.7 Å². The zero-order valence-corrected chi connectivity index (χ0v) is 19.7. The molecule has 0 amide bonds. The first-order valence-corrected chi connectivity index (χ1v) is 12.9. The number of aryl methyl sites for hydroxylation is 1. The van der Waals surface area contributed by atoms with Crippen molar-refractivity contribution in [3.63, 3.8) is 0 Å². The predicted octanol–water partition coefficient (Wildman–Crippen LogP) is 3.58. The summed E-state index contributed by atoms with van der Waals surface area (Å²) in [6.45, 7) is 4.54. The van der Waals surface area contributed by atoms with Crippen LogP contribution in [0.4, 0.5) is 0 Å². The van der Waals surface area contributed by atoms with Crippen LogP contribution in [0.5, 0.6) is 0 Å². The number of esters is 1. The second-order valence-electron chi connectivity index (χ2n) is 8.38. The molecule has 0 atom stereocenters. The summed E-state index contributed by atoms with van der Waals surface area (Å²) in [6.07, 6.45) is 1.27. The molecule has 7 nitrogen and oxygen atoms in total. The Morgan fingerprint density at radius 1 is 0.970 bits per heavy atom. The van der Waals surface area contributed by atoms with Crippen molar-refractivity contribution in [3.8, 4) is 0 Å². The predicted molar refractivity (Wildman–Crippen MR) is 127 cm³/mol. The van der Waals surface area contributed by atoms with E-state index in [1.807, 2.05) is 36.4 Å². The van der Waals surface area contributed by atoms with Gasteiger partial charge in [0.05, 0.1) is 12.3 Å². The third-order valence-electron chi connectivity index (χ3n) is 5.96. The van der Waals surface area contributed by atoms with Crippen molar-refractivity contribution < 1.29 is 22.4 Å². The van der Waals surface area contributed by atoms with E-state index in [2.05, 4.69) is 17.0 Å². The third kappa shape index (κ3) is 6.22. The number of carbonyl (C=O) groups is 1. The van der Waals surface area contributed by atoms with Crippen molar-refractivity contribution in [2.45, 2.75) is 32.9 Å². The van der Waals surface area contributed by atoms with E-state index >= 15 is 0 Å². The van der Waals surface area contributed by atoms with Crippen molar-refractivity contribution >= 4 is 26.8 Å². The van der Waals surface area contributed by atoms with Crippen LogP contribution in [-0.4, -0.2) is 55.5 Å². The van der Waals surface area contributed by atoms with Crippen molar-refractivity contribution in [2.24, 2.45) is 0 Å². The van der Waals surface area contributed by atoms with Gasteiger partial charge in [0.25, 0.3) is 0 Å². The average molecular weight is 471 g/mol. The molecule has 0 spiro atoms. The fraction of sp³-hybridized carbons (Fsp3) is 0.400. The molecule has 8 heteroatoms. The fourth-order valence-electron chi connectivity index (χ4n) is 4.24. The average Bonchev–Trinajstić information content (AvgIpc) is 3.11. The molecule has 0 bridgehead atoms. The lowest BCUT2D eigenvalue weighted by atomic mass is 10.0. The van der Waals surface area contributed by atoms with E-state index in [0.29, 0.717) is 38.4 Å². The van der Waals surface area contributed by atoms with Gasteiger partial charge in [0.15, 0.2) is 0 Å². The summed E-state index contributed by atoms with van der Waals surface area (Å²) in [5, 5.41) is 2.25. The van der Waals surface area contributed by atoms with Crippen molar-refractivity contribution in [3.05, 3.63) is 71.7 Å². The van der Waals surface area contributed by atoms with Gasteiger partial charge in [-0.3, -0.25) is 9.69 Å². The number of carbonyl (C=O) groups excluding carboxylic acids is 1. The number of hydrogen-bond donors (Lipinski definition) is 0. The fourth-order valence-corrected chi connectivity index (χ4v) is 5.74. The van der Waals surface area contributed by atoms with Gasteiger partial charge in [0, 0.05) is 26.6 Å². The maximum atomic E-state index is 13.1. The first-order valence-electron chi connectivity index (χ1n) is 11.3. The van der Waals surface area contributed by atoms with Crippen LogP contribution in [0.1, 0.15) is 30.4 Å². The molecular formula is C25H30N2O5S. The highest BCUT2D eigenvalue weighted by atomic mass is 32.2. The molecule has 0 unspecified atom stereocenters. The van der Waals surface area contributed by atoms with Gasteiger partial charge >= 0.3 is 5.97 Å². The maximum absolute atomic E-state index is 13.1. The Balaban J connectivity index is 1.32. The quantitative estimate of drug-likeness (QED) is 0.468. The van der Waals surface area contributed by atoms with Crippen molar-refractivity contribution in [1.82, 2.24) is 9.21 Å². The second kappa shape index (κ2) is 10.5. The highest BCUT2D eigenvalue weighted by Gasteiger charge is 2.25. The molecule has 1 saturated heterocycles. The Labute approximate surface area is 195 Å². The summed E-state index contributed by atoms with van der Waals surface area (Å²) in [5.41, 5.74) is 1.07. The van der Waals surface area contributed by atoms with Crippen molar-refractivity contribution in [2.75, 3.05) is 31.9 Å². The molecule has 33 heavy (non-hydrogen) atoms. The largest absolute Gasteiger partial charge is 0.461 e. The zero-order chi connectivity index (χ0) is 23.3. The van der Waals surface area contributed by atoms with E-state index in [9.17, 15) is 13.2 Å². The maximum Gasteiger partial charge on any atom is 0.303 e. The van der Waals surface area contributed by atoms with Crippen molar-refractivity contribution in [1.29, 1.82) is 0 Å². The van der Waals surface area contributed by atoms with Crippen LogP contribution >= 0.6 is 0 Å². The number of nitrogens with zero attached hydrogens (tertiary/aromatic N) is 2. The molecule has 1 aliphatic rings. The van der Waals surface area contributed by atoms with Gasteiger partial charge in [0.2, 0.25) is 10.0 Å². The van der Waals surface area contributed by atoms with Gasteiger partial charge < -0.3 is 9.15 Å². The smallest absolute Gasteiger partial charge is 0.303 e. The Bertz CT molecular complexity index is 1200. The first kappa shape index (κ1) is 23.5. The summed E-state index contributed by atoms with van der Waals surface area (Å²) in [4.78, 5) is 13.2. The molecule has 2 heterocycles. The van der Waals surface area contributed by atoms with Crippen LogP contribution in [-0.2, 0) is 39.1 Å². The minimum absolute atomic E-state index is 0.110. The summed E-state index contributed by atoms with van der Waals surface area (Å²) in [7, 11) is -3.35. The highest BCUT2D eigenvalue weighted by Crippen LogP contribution is 2.20. The van der Waals surface area contributed by atoms with Gasteiger partial charge in [0.1, 0.15) is 18.1 Å². The minimum Gasteiger partial charge on any atom is -0.461 e. The zero-order valence-electron chi connectivity index (χ0n) is 18.9. The lowest BCUT2D eigenvalue weighted by Crippen LogP contribution is -2.37. The number of benzene rings is 2. The number of hydrogen-bond acceptors (Lipinski definition) is 6. The van der Waals surface area contributed by atoms with E-state index in [1.54, 1.807) is 10.4 Å². The summed E-state index contributed by atoms with van der Waals surface area (Å²) in [5.74, 6) is 1.15. The lowest BCUT2D eigenvalue weighted by Gasteiger charge is -2.21. The molecule has 0 N–H and O–H groups in total. The van der Waals surface area contributed by atoms with Crippen LogP contribution in [0.3, 0.4) is 0 Å². The molecule has 2 aromatic carbocycles. The number of ether oxygens (including phenoxy) is 1. The molecule has 0 aliphatic carbocycles.